The van der Waals surface area contributed by atoms with E-state index in [1.54, 1.807) is 4.68 Å². The van der Waals surface area contributed by atoms with Gasteiger partial charge in [-0.25, -0.2) is 4.79 Å². The molecule has 1 aromatic heterocycles. The fraction of sp³-hybridized carbons (Fsp3) is 0.444. The van der Waals surface area contributed by atoms with Crippen molar-refractivity contribution in [3.8, 4) is 11.3 Å². The molecule has 1 aliphatic rings. The number of aliphatic hydroxyl groups excluding tert-OH is 1. The zero-order valence-corrected chi connectivity index (χ0v) is 13.9. The number of nitrogens with one attached hydrogen (secondary N) is 2. The van der Waals surface area contributed by atoms with Crippen LogP contribution in [0.5, 0.6) is 0 Å². The lowest BCUT2D eigenvalue weighted by atomic mass is 9.87. The van der Waals surface area contributed by atoms with Crippen molar-refractivity contribution in [2.24, 2.45) is 13.0 Å². The molecule has 3 N–H and O–H groups in total. The van der Waals surface area contributed by atoms with Gasteiger partial charge in [-0.1, -0.05) is 30.3 Å². The average Bonchev–Trinajstić information content (AvgIpc) is 2.96. The third-order valence-corrected chi connectivity index (χ3v) is 4.56. The SMILES string of the molecule is Cn1cc(NC(=O)NC2CCC(CO)CC2)c(-c2ccccc2)n1. The predicted molar refractivity (Wildman–Crippen MR) is 93.6 cm³/mol. The van der Waals surface area contributed by atoms with Gasteiger partial charge in [-0.3, -0.25) is 4.68 Å². The van der Waals surface area contributed by atoms with Gasteiger partial charge in [0.05, 0.1) is 5.69 Å². The minimum absolute atomic E-state index is 0.171. The number of anilines is 1. The van der Waals surface area contributed by atoms with Gasteiger partial charge in [0.1, 0.15) is 5.69 Å². The maximum Gasteiger partial charge on any atom is 0.319 e. The molecule has 0 saturated heterocycles. The van der Waals surface area contributed by atoms with E-state index in [2.05, 4.69) is 15.7 Å². The Morgan fingerprint density at radius 1 is 1.25 bits per heavy atom. The van der Waals surface area contributed by atoms with Gasteiger partial charge in [0.25, 0.3) is 0 Å². The van der Waals surface area contributed by atoms with Gasteiger partial charge in [0, 0.05) is 31.5 Å². The highest BCUT2D eigenvalue weighted by molar-refractivity contribution is 5.93. The van der Waals surface area contributed by atoms with E-state index >= 15 is 0 Å². The van der Waals surface area contributed by atoms with E-state index in [4.69, 9.17) is 0 Å². The molecule has 0 bridgehead atoms. The second-order valence-electron chi connectivity index (χ2n) is 6.43. The standard InChI is InChI=1S/C18H24N4O2/c1-22-11-16(17(21-22)14-5-3-2-4-6-14)20-18(24)19-15-9-7-13(12-23)8-10-15/h2-6,11,13,15,23H,7-10,12H2,1H3,(H2,19,20,24). The largest absolute Gasteiger partial charge is 0.396 e. The second-order valence-corrected chi connectivity index (χ2v) is 6.43. The van der Waals surface area contributed by atoms with Crippen molar-refractivity contribution in [1.82, 2.24) is 15.1 Å². The molecule has 128 valence electrons. The molecular weight excluding hydrogens is 304 g/mol. The predicted octanol–water partition coefficient (Wildman–Crippen LogP) is 2.76. The number of carbonyl (C=O) groups excluding carboxylic acids is 1. The van der Waals surface area contributed by atoms with Crippen LogP contribution in [0.4, 0.5) is 10.5 Å². The zero-order valence-electron chi connectivity index (χ0n) is 13.9. The third kappa shape index (κ3) is 3.94. The van der Waals surface area contributed by atoms with Crippen LogP contribution < -0.4 is 10.6 Å². The molecule has 24 heavy (non-hydrogen) atoms. The number of carbonyl (C=O) groups is 1. The van der Waals surface area contributed by atoms with E-state index in [0.717, 1.165) is 36.9 Å². The highest BCUT2D eigenvalue weighted by Crippen LogP contribution is 2.26. The van der Waals surface area contributed by atoms with E-state index in [9.17, 15) is 9.90 Å². The van der Waals surface area contributed by atoms with Crippen LogP contribution in [0.1, 0.15) is 25.7 Å². The molecule has 1 saturated carbocycles. The molecule has 3 rings (SSSR count). The number of aromatic nitrogens is 2. The topological polar surface area (TPSA) is 79.2 Å². The lowest BCUT2D eigenvalue weighted by Gasteiger charge is -2.27. The Labute approximate surface area is 141 Å². The van der Waals surface area contributed by atoms with E-state index < -0.39 is 0 Å². The van der Waals surface area contributed by atoms with Gasteiger partial charge in [0.2, 0.25) is 0 Å². The van der Waals surface area contributed by atoms with Crippen molar-refractivity contribution in [3.63, 3.8) is 0 Å². The Morgan fingerprint density at radius 2 is 1.96 bits per heavy atom. The zero-order chi connectivity index (χ0) is 16.9. The number of rotatable bonds is 4. The summed E-state index contributed by atoms with van der Waals surface area (Å²) in [7, 11) is 1.84. The quantitative estimate of drug-likeness (QED) is 0.807. The monoisotopic (exact) mass is 328 g/mol. The number of amides is 2. The first kappa shape index (κ1) is 16.5. The summed E-state index contributed by atoms with van der Waals surface area (Å²) >= 11 is 0. The molecule has 2 amide bonds. The summed E-state index contributed by atoms with van der Waals surface area (Å²) in [5, 5.41) is 19.6. The van der Waals surface area contributed by atoms with Crippen molar-refractivity contribution in [3.05, 3.63) is 36.5 Å². The molecule has 0 atom stereocenters. The minimum Gasteiger partial charge on any atom is -0.396 e. The summed E-state index contributed by atoms with van der Waals surface area (Å²) in [5.74, 6) is 0.383. The van der Waals surface area contributed by atoms with Crippen LogP contribution in [0, 0.1) is 5.92 Å². The third-order valence-electron chi connectivity index (χ3n) is 4.56. The molecule has 0 spiro atoms. The number of aryl methyl sites for hydroxylation is 1. The van der Waals surface area contributed by atoms with Crippen LogP contribution in [0.25, 0.3) is 11.3 Å². The van der Waals surface area contributed by atoms with Crippen molar-refractivity contribution in [1.29, 1.82) is 0 Å². The highest BCUT2D eigenvalue weighted by Gasteiger charge is 2.22. The first-order chi connectivity index (χ1) is 11.7. The van der Waals surface area contributed by atoms with Gasteiger partial charge in [-0.15, -0.1) is 0 Å². The van der Waals surface area contributed by atoms with Gasteiger partial charge < -0.3 is 15.7 Å². The fourth-order valence-corrected chi connectivity index (χ4v) is 3.22. The van der Waals surface area contributed by atoms with Gasteiger partial charge in [-0.05, 0) is 31.6 Å². The first-order valence-corrected chi connectivity index (χ1v) is 8.43. The molecular formula is C18H24N4O2. The van der Waals surface area contributed by atoms with Crippen molar-refractivity contribution in [2.75, 3.05) is 11.9 Å². The van der Waals surface area contributed by atoms with E-state index in [0.29, 0.717) is 11.6 Å². The maximum atomic E-state index is 12.3. The smallest absolute Gasteiger partial charge is 0.319 e. The number of nitrogens with zero attached hydrogens (tertiary/aromatic N) is 2. The maximum absolute atomic E-state index is 12.3. The Hall–Kier alpha value is -2.34. The number of aliphatic hydroxyl groups is 1. The summed E-state index contributed by atoms with van der Waals surface area (Å²) in [4.78, 5) is 12.3. The van der Waals surface area contributed by atoms with Crippen molar-refractivity contribution in [2.45, 2.75) is 31.7 Å². The number of hydrogen-bond acceptors (Lipinski definition) is 3. The molecule has 2 aromatic rings. The molecule has 6 heteroatoms. The van der Waals surface area contributed by atoms with Gasteiger partial charge >= 0.3 is 6.03 Å². The number of hydrogen-bond donors (Lipinski definition) is 3. The summed E-state index contributed by atoms with van der Waals surface area (Å²) < 4.78 is 1.70. The normalized spacial score (nSPS) is 20.6. The summed E-state index contributed by atoms with van der Waals surface area (Å²) in [5.41, 5.74) is 2.43. The molecule has 1 aromatic carbocycles. The van der Waals surface area contributed by atoms with E-state index in [-0.39, 0.29) is 18.7 Å². The summed E-state index contributed by atoms with van der Waals surface area (Å²) in [6.45, 7) is 0.245. The van der Waals surface area contributed by atoms with Crippen LogP contribution in [0.3, 0.4) is 0 Å². The van der Waals surface area contributed by atoms with Crippen LogP contribution in [-0.4, -0.2) is 33.6 Å². The van der Waals surface area contributed by atoms with Gasteiger partial charge in [-0.2, -0.15) is 5.10 Å². The number of urea groups is 1. The molecule has 6 nitrogen and oxygen atoms in total. The fourth-order valence-electron chi connectivity index (χ4n) is 3.22. The lowest BCUT2D eigenvalue weighted by Crippen LogP contribution is -2.40. The Kier molecular flexibility index (Phi) is 5.15. The summed E-state index contributed by atoms with van der Waals surface area (Å²) in [6, 6.07) is 9.77. The number of benzene rings is 1. The van der Waals surface area contributed by atoms with E-state index in [1.165, 1.54) is 0 Å². The molecule has 1 heterocycles. The molecule has 1 aliphatic carbocycles. The van der Waals surface area contributed by atoms with Crippen molar-refractivity contribution >= 4 is 11.7 Å². The molecule has 0 radical (unpaired) electrons. The average molecular weight is 328 g/mol. The summed E-state index contributed by atoms with van der Waals surface area (Å²) in [6.07, 6.45) is 5.56. The Morgan fingerprint density at radius 3 is 2.62 bits per heavy atom. The Bertz CT molecular complexity index is 676. The van der Waals surface area contributed by atoms with E-state index in [1.807, 2.05) is 43.6 Å². The Balaban J connectivity index is 1.63. The second kappa shape index (κ2) is 7.49. The highest BCUT2D eigenvalue weighted by atomic mass is 16.3. The lowest BCUT2D eigenvalue weighted by molar-refractivity contribution is 0.176. The van der Waals surface area contributed by atoms with Crippen LogP contribution in [0.2, 0.25) is 0 Å². The minimum atomic E-state index is -0.201. The molecule has 1 fully saturated rings. The molecule has 0 unspecified atom stereocenters. The van der Waals surface area contributed by atoms with Gasteiger partial charge in [0.15, 0.2) is 0 Å². The van der Waals surface area contributed by atoms with Crippen molar-refractivity contribution < 1.29 is 9.90 Å². The van der Waals surface area contributed by atoms with Crippen LogP contribution >= 0.6 is 0 Å². The first-order valence-electron chi connectivity index (χ1n) is 8.43. The molecule has 0 aliphatic heterocycles. The van der Waals surface area contributed by atoms with Crippen LogP contribution in [0.15, 0.2) is 36.5 Å². The van der Waals surface area contributed by atoms with Crippen LogP contribution in [-0.2, 0) is 7.05 Å².